The number of aromatic nitrogens is 2. The SMILES string of the molecule is CC(C)(C)n1cc(C(=O)N[C@@H](CC(=O)O)c2ccc3ccccc3c2)cn1. The van der Waals surface area contributed by atoms with Crippen molar-refractivity contribution >= 4 is 22.6 Å². The van der Waals surface area contributed by atoms with Crippen molar-refractivity contribution < 1.29 is 14.7 Å². The number of hydrogen-bond acceptors (Lipinski definition) is 3. The number of nitrogens with zero attached hydrogens (tertiary/aromatic N) is 2. The minimum atomic E-state index is -0.973. The van der Waals surface area contributed by atoms with E-state index < -0.39 is 12.0 Å². The standard InChI is InChI=1S/C21H23N3O3/c1-21(2,3)24-13-17(12-22-24)20(27)23-18(11-19(25)26)16-9-8-14-6-4-5-7-15(14)10-16/h4-10,12-13,18H,11H2,1-3H3,(H,23,27)(H,25,26)/t18-/m0/s1. The third kappa shape index (κ3) is 4.34. The van der Waals surface area contributed by atoms with Crippen LogP contribution >= 0.6 is 0 Å². The lowest BCUT2D eigenvalue weighted by atomic mass is 9.99. The minimum absolute atomic E-state index is 0.197. The molecular formula is C21H23N3O3. The molecule has 0 spiro atoms. The Bertz CT molecular complexity index is 986. The number of carboxylic acid groups (broad SMARTS) is 1. The van der Waals surface area contributed by atoms with E-state index in [0.717, 1.165) is 16.3 Å². The summed E-state index contributed by atoms with van der Waals surface area (Å²) in [6.07, 6.45) is 2.98. The lowest BCUT2D eigenvalue weighted by Crippen LogP contribution is -2.30. The lowest BCUT2D eigenvalue weighted by Gasteiger charge is -2.19. The molecular weight excluding hydrogens is 342 g/mol. The maximum atomic E-state index is 12.7. The zero-order chi connectivity index (χ0) is 19.6. The molecule has 0 saturated heterocycles. The van der Waals surface area contributed by atoms with Crippen LogP contribution in [-0.2, 0) is 10.3 Å². The van der Waals surface area contributed by atoms with Gasteiger partial charge in [0.2, 0.25) is 0 Å². The van der Waals surface area contributed by atoms with Crippen LogP contribution in [-0.4, -0.2) is 26.8 Å². The number of carbonyl (C=O) groups is 2. The molecule has 0 aliphatic heterocycles. The zero-order valence-corrected chi connectivity index (χ0v) is 15.6. The molecule has 1 amide bonds. The third-order valence-corrected chi connectivity index (χ3v) is 4.39. The van der Waals surface area contributed by atoms with Gasteiger partial charge in [-0.2, -0.15) is 5.10 Å². The largest absolute Gasteiger partial charge is 0.481 e. The van der Waals surface area contributed by atoms with Crippen molar-refractivity contribution in [2.24, 2.45) is 0 Å². The Kier molecular flexibility index (Phi) is 4.99. The van der Waals surface area contributed by atoms with Gasteiger partial charge in [0.1, 0.15) is 0 Å². The predicted molar refractivity (Wildman–Crippen MR) is 104 cm³/mol. The van der Waals surface area contributed by atoms with E-state index in [9.17, 15) is 14.7 Å². The molecule has 2 aromatic carbocycles. The van der Waals surface area contributed by atoms with E-state index in [1.54, 1.807) is 10.9 Å². The molecule has 1 atom stereocenters. The molecule has 27 heavy (non-hydrogen) atoms. The first-order valence-electron chi connectivity index (χ1n) is 8.80. The molecule has 6 nitrogen and oxygen atoms in total. The summed E-state index contributed by atoms with van der Waals surface area (Å²) in [5.74, 6) is -1.32. The van der Waals surface area contributed by atoms with Crippen molar-refractivity contribution in [3.05, 3.63) is 66.0 Å². The lowest BCUT2D eigenvalue weighted by molar-refractivity contribution is -0.137. The molecule has 140 valence electrons. The summed E-state index contributed by atoms with van der Waals surface area (Å²) in [5.41, 5.74) is 0.922. The number of amides is 1. The molecule has 0 aliphatic rings. The van der Waals surface area contributed by atoms with Crippen LogP contribution < -0.4 is 5.32 Å². The van der Waals surface area contributed by atoms with Crippen LogP contribution in [0.5, 0.6) is 0 Å². The van der Waals surface area contributed by atoms with Gasteiger partial charge in [0.15, 0.2) is 0 Å². The molecule has 0 unspecified atom stereocenters. The van der Waals surface area contributed by atoms with Gasteiger partial charge in [-0.3, -0.25) is 14.3 Å². The van der Waals surface area contributed by atoms with E-state index in [-0.39, 0.29) is 17.9 Å². The minimum Gasteiger partial charge on any atom is -0.481 e. The summed E-state index contributed by atoms with van der Waals surface area (Å²) < 4.78 is 1.71. The van der Waals surface area contributed by atoms with Crippen LogP contribution in [0.4, 0.5) is 0 Å². The highest BCUT2D eigenvalue weighted by Crippen LogP contribution is 2.23. The highest BCUT2D eigenvalue weighted by atomic mass is 16.4. The average Bonchev–Trinajstić information content (AvgIpc) is 3.11. The van der Waals surface area contributed by atoms with Gasteiger partial charge in [0.05, 0.1) is 29.8 Å². The Hall–Kier alpha value is -3.15. The van der Waals surface area contributed by atoms with Crippen molar-refractivity contribution in [1.29, 1.82) is 0 Å². The summed E-state index contributed by atoms with van der Waals surface area (Å²) in [6, 6.07) is 12.9. The fourth-order valence-electron chi connectivity index (χ4n) is 2.90. The summed E-state index contributed by atoms with van der Waals surface area (Å²) in [6.45, 7) is 5.97. The first kappa shape index (κ1) is 18.6. The van der Waals surface area contributed by atoms with Gasteiger partial charge < -0.3 is 10.4 Å². The van der Waals surface area contributed by atoms with Crippen LogP contribution in [0.1, 0.15) is 49.2 Å². The van der Waals surface area contributed by atoms with Gasteiger partial charge in [-0.05, 0) is 43.2 Å². The van der Waals surface area contributed by atoms with Gasteiger partial charge in [-0.25, -0.2) is 0 Å². The zero-order valence-electron chi connectivity index (χ0n) is 15.6. The Labute approximate surface area is 157 Å². The van der Waals surface area contributed by atoms with Crippen molar-refractivity contribution in [3.8, 4) is 0 Å². The van der Waals surface area contributed by atoms with E-state index in [4.69, 9.17) is 0 Å². The molecule has 3 rings (SSSR count). The topological polar surface area (TPSA) is 84.2 Å². The van der Waals surface area contributed by atoms with Crippen molar-refractivity contribution in [1.82, 2.24) is 15.1 Å². The highest BCUT2D eigenvalue weighted by Gasteiger charge is 2.22. The normalized spacial score (nSPS) is 12.7. The number of nitrogens with one attached hydrogen (secondary N) is 1. The molecule has 6 heteroatoms. The molecule has 1 heterocycles. The quantitative estimate of drug-likeness (QED) is 0.721. The number of benzene rings is 2. The second kappa shape index (κ2) is 7.23. The van der Waals surface area contributed by atoms with E-state index in [0.29, 0.717) is 5.56 Å². The van der Waals surface area contributed by atoms with E-state index >= 15 is 0 Å². The van der Waals surface area contributed by atoms with Gasteiger partial charge >= 0.3 is 5.97 Å². The van der Waals surface area contributed by atoms with Crippen LogP contribution in [0.25, 0.3) is 10.8 Å². The summed E-state index contributed by atoms with van der Waals surface area (Å²) in [7, 11) is 0. The summed E-state index contributed by atoms with van der Waals surface area (Å²) in [4.78, 5) is 24.0. The van der Waals surface area contributed by atoms with E-state index in [1.165, 1.54) is 6.20 Å². The van der Waals surface area contributed by atoms with Crippen molar-refractivity contribution in [2.45, 2.75) is 38.8 Å². The second-order valence-electron chi connectivity index (χ2n) is 7.57. The number of carboxylic acids is 1. The van der Waals surface area contributed by atoms with Crippen molar-refractivity contribution in [3.63, 3.8) is 0 Å². The highest BCUT2D eigenvalue weighted by molar-refractivity contribution is 5.94. The molecule has 0 bridgehead atoms. The Morgan fingerprint density at radius 2 is 1.85 bits per heavy atom. The van der Waals surface area contributed by atoms with Gasteiger partial charge in [0, 0.05) is 6.20 Å². The molecule has 0 radical (unpaired) electrons. The number of aliphatic carboxylic acids is 1. The summed E-state index contributed by atoms with van der Waals surface area (Å²) in [5, 5.41) is 18.4. The van der Waals surface area contributed by atoms with Gasteiger partial charge in [-0.15, -0.1) is 0 Å². The molecule has 0 fully saturated rings. The van der Waals surface area contributed by atoms with Crippen LogP contribution in [0.3, 0.4) is 0 Å². The fourth-order valence-corrected chi connectivity index (χ4v) is 2.90. The van der Waals surface area contributed by atoms with Gasteiger partial charge in [-0.1, -0.05) is 36.4 Å². The molecule has 2 N–H and O–H groups in total. The first-order valence-corrected chi connectivity index (χ1v) is 8.80. The first-order chi connectivity index (χ1) is 12.7. The smallest absolute Gasteiger partial charge is 0.305 e. The van der Waals surface area contributed by atoms with Crippen LogP contribution in [0.15, 0.2) is 54.9 Å². The number of carbonyl (C=O) groups excluding carboxylic acids is 1. The van der Waals surface area contributed by atoms with E-state index in [1.807, 2.05) is 63.2 Å². The monoisotopic (exact) mass is 365 g/mol. The summed E-state index contributed by atoms with van der Waals surface area (Å²) >= 11 is 0. The molecule has 3 aromatic rings. The molecule has 1 aromatic heterocycles. The molecule has 0 aliphatic carbocycles. The molecule has 0 saturated carbocycles. The van der Waals surface area contributed by atoms with Gasteiger partial charge in [0.25, 0.3) is 5.91 Å². The average molecular weight is 365 g/mol. The third-order valence-electron chi connectivity index (χ3n) is 4.39. The van der Waals surface area contributed by atoms with E-state index in [2.05, 4.69) is 10.4 Å². The Morgan fingerprint density at radius 3 is 2.48 bits per heavy atom. The maximum Gasteiger partial charge on any atom is 0.305 e. The second-order valence-corrected chi connectivity index (χ2v) is 7.57. The number of fused-ring (bicyclic) bond motifs is 1. The maximum absolute atomic E-state index is 12.7. The number of rotatable bonds is 5. The predicted octanol–water partition coefficient (Wildman–Crippen LogP) is 3.74. The Balaban J connectivity index is 1.87. The Morgan fingerprint density at radius 1 is 1.15 bits per heavy atom. The number of hydrogen-bond donors (Lipinski definition) is 2. The van der Waals surface area contributed by atoms with Crippen LogP contribution in [0.2, 0.25) is 0 Å². The van der Waals surface area contributed by atoms with Crippen molar-refractivity contribution in [2.75, 3.05) is 0 Å². The fraction of sp³-hybridized carbons (Fsp3) is 0.286. The van der Waals surface area contributed by atoms with Crippen LogP contribution in [0, 0.1) is 0 Å².